The third-order valence-electron chi connectivity index (χ3n) is 4.01. The van der Waals surface area contributed by atoms with E-state index < -0.39 is 0 Å². The molecule has 0 atom stereocenters. The Labute approximate surface area is 128 Å². The standard InChI is InChI=1S/C18H40N2/c1-2-3-4-5-6-7-8-9-11-14-17-20-18-15-12-10-13-16-19/h20H,2-19H2,1H3. The minimum atomic E-state index is 0.853. The van der Waals surface area contributed by atoms with E-state index in [-0.39, 0.29) is 0 Å². The monoisotopic (exact) mass is 284 g/mol. The molecule has 0 aromatic heterocycles. The van der Waals surface area contributed by atoms with Crippen molar-refractivity contribution in [2.75, 3.05) is 19.6 Å². The molecule has 122 valence electrons. The minimum absolute atomic E-state index is 0.853. The van der Waals surface area contributed by atoms with E-state index in [1.807, 2.05) is 0 Å². The highest BCUT2D eigenvalue weighted by Gasteiger charge is 1.93. The van der Waals surface area contributed by atoms with Gasteiger partial charge in [-0.15, -0.1) is 0 Å². The first-order chi connectivity index (χ1) is 9.91. The van der Waals surface area contributed by atoms with E-state index in [1.54, 1.807) is 0 Å². The fourth-order valence-corrected chi connectivity index (χ4v) is 2.61. The van der Waals surface area contributed by atoms with Gasteiger partial charge in [0.1, 0.15) is 0 Å². The van der Waals surface area contributed by atoms with Gasteiger partial charge in [-0.05, 0) is 38.9 Å². The predicted molar refractivity (Wildman–Crippen MR) is 92.2 cm³/mol. The number of hydrogen-bond acceptors (Lipinski definition) is 2. The van der Waals surface area contributed by atoms with Crippen molar-refractivity contribution in [1.29, 1.82) is 0 Å². The van der Waals surface area contributed by atoms with Gasteiger partial charge in [0.15, 0.2) is 0 Å². The summed E-state index contributed by atoms with van der Waals surface area (Å²) in [4.78, 5) is 0. The zero-order valence-corrected chi connectivity index (χ0v) is 14.1. The normalized spacial score (nSPS) is 11.1. The summed E-state index contributed by atoms with van der Waals surface area (Å²) in [7, 11) is 0. The minimum Gasteiger partial charge on any atom is -0.330 e. The first-order valence-corrected chi connectivity index (χ1v) is 9.32. The zero-order valence-electron chi connectivity index (χ0n) is 14.1. The molecule has 0 aliphatic carbocycles. The molecule has 0 saturated carbocycles. The van der Waals surface area contributed by atoms with Gasteiger partial charge in [-0.3, -0.25) is 0 Å². The average molecular weight is 285 g/mol. The maximum absolute atomic E-state index is 5.47. The van der Waals surface area contributed by atoms with Gasteiger partial charge in [-0.1, -0.05) is 77.6 Å². The van der Waals surface area contributed by atoms with Crippen molar-refractivity contribution in [2.45, 2.75) is 96.8 Å². The summed E-state index contributed by atoms with van der Waals surface area (Å²) < 4.78 is 0. The summed E-state index contributed by atoms with van der Waals surface area (Å²) in [5.74, 6) is 0. The van der Waals surface area contributed by atoms with E-state index in [0.29, 0.717) is 0 Å². The second kappa shape index (κ2) is 18.9. The average Bonchev–Trinajstić information content (AvgIpc) is 2.47. The van der Waals surface area contributed by atoms with Crippen LogP contribution in [0.15, 0.2) is 0 Å². The SMILES string of the molecule is CCCCCCCCCCCCNCCCCCCN. The van der Waals surface area contributed by atoms with Gasteiger partial charge >= 0.3 is 0 Å². The Morgan fingerprint density at radius 2 is 0.950 bits per heavy atom. The van der Waals surface area contributed by atoms with Gasteiger partial charge in [0.05, 0.1) is 0 Å². The summed E-state index contributed by atoms with van der Waals surface area (Å²) in [6.07, 6.45) is 19.4. The van der Waals surface area contributed by atoms with Crippen LogP contribution in [-0.2, 0) is 0 Å². The summed E-state index contributed by atoms with van der Waals surface area (Å²) in [5, 5.41) is 3.56. The topological polar surface area (TPSA) is 38.0 Å². The molecule has 2 heteroatoms. The molecular formula is C18H40N2. The van der Waals surface area contributed by atoms with Gasteiger partial charge in [0.25, 0.3) is 0 Å². The van der Waals surface area contributed by atoms with Crippen molar-refractivity contribution >= 4 is 0 Å². The lowest BCUT2D eigenvalue weighted by atomic mass is 10.1. The molecular weight excluding hydrogens is 244 g/mol. The molecule has 0 amide bonds. The van der Waals surface area contributed by atoms with E-state index >= 15 is 0 Å². The van der Waals surface area contributed by atoms with Crippen molar-refractivity contribution in [1.82, 2.24) is 5.32 Å². The fourth-order valence-electron chi connectivity index (χ4n) is 2.61. The second-order valence-electron chi connectivity index (χ2n) is 6.13. The first-order valence-electron chi connectivity index (χ1n) is 9.32. The Balaban J connectivity index is 2.89. The van der Waals surface area contributed by atoms with Crippen molar-refractivity contribution in [3.05, 3.63) is 0 Å². The quantitative estimate of drug-likeness (QED) is 0.368. The van der Waals surface area contributed by atoms with Crippen LogP contribution in [0, 0.1) is 0 Å². The van der Waals surface area contributed by atoms with Crippen LogP contribution in [0.3, 0.4) is 0 Å². The molecule has 0 radical (unpaired) electrons. The molecule has 0 heterocycles. The lowest BCUT2D eigenvalue weighted by Gasteiger charge is -2.05. The molecule has 0 aliphatic heterocycles. The van der Waals surface area contributed by atoms with Crippen molar-refractivity contribution in [3.63, 3.8) is 0 Å². The van der Waals surface area contributed by atoms with Crippen molar-refractivity contribution in [2.24, 2.45) is 5.73 Å². The zero-order chi connectivity index (χ0) is 14.7. The number of rotatable bonds is 17. The maximum Gasteiger partial charge on any atom is -0.00489 e. The maximum atomic E-state index is 5.47. The van der Waals surface area contributed by atoms with Crippen LogP contribution in [0.1, 0.15) is 96.8 Å². The Bertz CT molecular complexity index is 141. The van der Waals surface area contributed by atoms with Crippen LogP contribution in [-0.4, -0.2) is 19.6 Å². The van der Waals surface area contributed by atoms with Crippen LogP contribution in [0.4, 0.5) is 0 Å². The molecule has 0 bridgehead atoms. The second-order valence-corrected chi connectivity index (χ2v) is 6.13. The van der Waals surface area contributed by atoms with E-state index in [0.717, 1.165) is 6.54 Å². The van der Waals surface area contributed by atoms with E-state index in [2.05, 4.69) is 12.2 Å². The molecule has 0 aromatic rings. The van der Waals surface area contributed by atoms with Gasteiger partial charge in [-0.25, -0.2) is 0 Å². The fraction of sp³-hybridized carbons (Fsp3) is 1.00. The van der Waals surface area contributed by atoms with Crippen LogP contribution in [0.25, 0.3) is 0 Å². The number of nitrogens with one attached hydrogen (secondary N) is 1. The van der Waals surface area contributed by atoms with Gasteiger partial charge < -0.3 is 11.1 Å². The largest absolute Gasteiger partial charge is 0.330 e. The van der Waals surface area contributed by atoms with Crippen LogP contribution in [0.5, 0.6) is 0 Å². The molecule has 0 aromatic carbocycles. The highest BCUT2D eigenvalue weighted by Crippen LogP contribution is 2.10. The Morgan fingerprint density at radius 3 is 1.40 bits per heavy atom. The molecule has 0 fully saturated rings. The van der Waals surface area contributed by atoms with Crippen LogP contribution < -0.4 is 11.1 Å². The summed E-state index contributed by atoms with van der Waals surface area (Å²) in [6.45, 7) is 5.55. The molecule has 0 unspecified atom stereocenters. The predicted octanol–water partition coefficient (Wildman–Crippen LogP) is 5.02. The third kappa shape index (κ3) is 17.9. The van der Waals surface area contributed by atoms with Gasteiger partial charge in [-0.2, -0.15) is 0 Å². The number of hydrogen-bond donors (Lipinski definition) is 2. The molecule has 0 rings (SSSR count). The van der Waals surface area contributed by atoms with Crippen molar-refractivity contribution < 1.29 is 0 Å². The summed E-state index contributed by atoms with van der Waals surface area (Å²) in [5.41, 5.74) is 5.47. The number of unbranched alkanes of at least 4 members (excludes halogenated alkanes) is 12. The highest BCUT2D eigenvalue weighted by atomic mass is 14.8. The van der Waals surface area contributed by atoms with Gasteiger partial charge in [0.2, 0.25) is 0 Å². The van der Waals surface area contributed by atoms with Crippen LogP contribution >= 0.6 is 0 Å². The van der Waals surface area contributed by atoms with Crippen LogP contribution in [0.2, 0.25) is 0 Å². The smallest absolute Gasteiger partial charge is 0.00489 e. The number of nitrogens with two attached hydrogens (primary N) is 1. The highest BCUT2D eigenvalue weighted by molar-refractivity contribution is 4.52. The lowest BCUT2D eigenvalue weighted by molar-refractivity contribution is 0.534. The van der Waals surface area contributed by atoms with Crippen molar-refractivity contribution in [3.8, 4) is 0 Å². The molecule has 0 spiro atoms. The summed E-state index contributed by atoms with van der Waals surface area (Å²) >= 11 is 0. The molecule has 20 heavy (non-hydrogen) atoms. The molecule has 0 aliphatic rings. The summed E-state index contributed by atoms with van der Waals surface area (Å²) in [6, 6.07) is 0. The third-order valence-corrected chi connectivity index (χ3v) is 4.01. The molecule has 0 saturated heterocycles. The first kappa shape index (κ1) is 19.9. The van der Waals surface area contributed by atoms with E-state index in [9.17, 15) is 0 Å². The Kier molecular flexibility index (Phi) is 18.8. The molecule has 3 N–H and O–H groups in total. The Hall–Kier alpha value is -0.0800. The van der Waals surface area contributed by atoms with E-state index in [1.165, 1.54) is 103 Å². The van der Waals surface area contributed by atoms with Gasteiger partial charge in [0, 0.05) is 0 Å². The Morgan fingerprint density at radius 1 is 0.550 bits per heavy atom. The lowest BCUT2D eigenvalue weighted by Crippen LogP contribution is -2.16. The molecule has 2 nitrogen and oxygen atoms in total. The van der Waals surface area contributed by atoms with E-state index in [4.69, 9.17) is 5.73 Å².